The Labute approximate surface area is 141 Å². The Bertz CT molecular complexity index is 894. The molecule has 3 nitrogen and oxygen atoms in total. The third-order valence-electron chi connectivity index (χ3n) is 4.75. The first-order chi connectivity index (χ1) is 11.6. The fourth-order valence-electron chi connectivity index (χ4n) is 3.23. The fourth-order valence-corrected chi connectivity index (χ4v) is 3.23. The second kappa shape index (κ2) is 5.78. The zero-order valence-corrected chi connectivity index (χ0v) is 13.9. The van der Waals surface area contributed by atoms with E-state index >= 15 is 0 Å². The van der Waals surface area contributed by atoms with Gasteiger partial charge in [0.05, 0.1) is 11.4 Å². The van der Waals surface area contributed by atoms with E-state index in [1.54, 1.807) is 0 Å². The SMILES string of the molecule is Cc1ccc(-n2nc(Cc3ccc(F)cc3)c3c2NCC3)cc1C. The van der Waals surface area contributed by atoms with Gasteiger partial charge in [0.15, 0.2) is 0 Å². The van der Waals surface area contributed by atoms with Crippen molar-refractivity contribution >= 4 is 5.82 Å². The molecule has 0 bridgehead atoms. The number of aryl methyl sites for hydroxylation is 2. The van der Waals surface area contributed by atoms with Crippen LogP contribution in [0.4, 0.5) is 10.2 Å². The van der Waals surface area contributed by atoms with Crippen LogP contribution in [0.3, 0.4) is 0 Å². The minimum absolute atomic E-state index is 0.202. The van der Waals surface area contributed by atoms with E-state index in [-0.39, 0.29) is 5.82 Å². The molecule has 1 aromatic heterocycles. The maximum absolute atomic E-state index is 13.1. The topological polar surface area (TPSA) is 29.9 Å². The van der Waals surface area contributed by atoms with Crippen LogP contribution in [0.2, 0.25) is 0 Å². The van der Waals surface area contributed by atoms with Crippen molar-refractivity contribution in [3.8, 4) is 5.69 Å². The van der Waals surface area contributed by atoms with Gasteiger partial charge in [0.25, 0.3) is 0 Å². The molecule has 0 atom stereocenters. The molecule has 2 aromatic carbocycles. The van der Waals surface area contributed by atoms with Gasteiger partial charge in [-0.05, 0) is 61.2 Å². The predicted molar refractivity (Wildman–Crippen MR) is 94.4 cm³/mol. The first-order valence-electron chi connectivity index (χ1n) is 8.28. The Hall–Kier alpha value is -2.62. The van der Waals surface area contributed by atoms with E-state index in [4.69, 9.17) is 5.10 Å². The molecule has 1 N–H and O–H groups in total. The summed E-state index contributed by atoms with van der Waals surface area (Å²) in [5, 5.41) is 8.31. The molecule has 4 rings (SSSR count). The normalized spacial score (nSPS) is 13.0. The average molecular weight is 321 g/mol. The van der Waals surface area contributed by atoms with Crippen molar-refractivity contribution in [1.82, 2.24) is 9.78 Å². The van der Waals surface area contributed by atoms with Crippen molar-refractivity contribution < 1.29 is 4.39 Å². The van der Waals surface area contributed by atoms with Crippen molar-refractivity contribution in [1.29, 1.82) is 0 Å². The van der Waals surface area contributed by atoms with Crippen LogP contribution < -0.4 is 5.32 Å². The third-order valence-corrected chi connectivity index (χ3v) is 4.75. The van der Waals surface area contributed by atoms with Crippen LogP contribution in [0, 0.1) is 19.7 Å². The van der Waals surface area contributed by atoms with Gasteiger partial charge in [-0.1, -0.05) is 18.2 Å². The summed E-state index contributed by atoms with van der Waals surface area (Å²) in [4.78, 5) is 0. The van der Waals surface area contributed by atoms with Crippen molar-refractivity contribution in [3.63, 3.8) is 0 Å². The number of nitrogens with zero attached hydrogens (tertiary/aromatic N) is 2. The Morgan fingerprint density at radius 1 is 1.08 bits per heavy atom. The zero-order valence-electron chi connectivity index (χ0n) is 13.9. The first-order valence-corrected chi connectivity index (χ1v) is 8.28. The van der Waals surface area contributed by atoms with Crippen molar-refractivity contribution in [2.45, 2.75) is 26.7 Å². The number of halogens is 1. The number of anilines is 1. The molecule has 4 heteroatoms. The molecule has 0 saturated carbocycles. The van der Waals surface area contributed by atoms with E-state index in [0.717, 1.165) is 42.1 Å². The molecule has 0 aliphatic carbocycles. The molecule has 0 amide bonds. The predicted octanol–water partition coefficient (Wildman–Crippen LogP) is 4.19. The lowest BCUT2D eigenvalue weighted by atomic mass is 10.1. The summed E-state index contributed by atoms with van der Waals surface area (Å²) in [6, 6.07) is 13.1. The van der Waals surface area contributed by atoms with E-state index in [1.165, 1.54) is 28.8 Å². The molecule has 0 radical (unpaired) electrons. The van der Waals surface area contributed by atoms with Gasteiger partial charge >= 0.3 is 0 Å². The summed E-state index contributed by atoms with van der Waals surface area (Å²) in [5.74, 6) is 0.890. The van der Waals surface area contributed by atoms with E-state index in [1.807, 2.05) is 16.8 Å². The van der Waals surface area contributed by atoms with E-state index < -0.39 is 0 Å². The summed E-state index contributed by atoms with van der Waals surface area (Å²) in [6.07, 6.45) is 1.71. The number of rotatable bonds is 3. The number of hydrogen-bond donors (Lipinski definition) is 1. The van der Waals surface area contributed by atoms with E-state index in [0.29, 0.717) is 0 Å². The van der Waals surface area contributed by atoms with Gasteiger partial charge in [-0.2, -0.15) is 5.10 Å². The van der Waals surface area contributed by atoms with E-state index in [9.17, 15) is 4.39 Å². The molecular weight excluding hydrogens is 301 g/mol. The lowest BCUT2D eigenvalue weighted by Crippen LogP contribution is -2.05. The van der Waals surface area contributed by atoms with Gasteiger partial charge in [-0.15, -0.1) is 0 Å². The monoisotopic (exact) mass is 321 g/mol. The molecule has 0 spiro atoms. The highest BCUT2D eigenvalue weighted by molar-refractivity contribution is 5.58. The largest absolute Gasteiger partial charge is 0.369 e. The lowest BCUT2D eigenvalue weighted by Gasteiger charge is -2.08. The maximum atomic E-state index is 13.1. The minimum atomic E-state index is -0.202. The van der Waals surface area contributed by atoms with E-state index in [2.05, 4.69) is 37.4 Å². The Balaban J connectivity index is 1.74. The number of aromatic nitrogens is 2. The first kappa shape index (κ1) is 14.9. The summed E-state index contributed by atoms with van der Waals surface area (Å²) in [7, 11) is 0. The van der Waals surface area contributed by atoms with Crippen LogP contribution in [-0.4, -0.2) is 16.3 Å². The number of fused-ring (bicyclic) bond motifs is 1. The summed E-state index contributed by atoms with van der Waals surface area (Å²) < 4.78 is 15.1. The number of benzene rings is 2. The number of hydrogen-bond acceptors (Lipinski definition) is 2. The van der Waals surface area contributed by atoms with Crippen molar-refractivity contribution in [2.24, 2.45) is 0 Å². The Kier molecular flexibility index (Phi) is 3.60. The minimum Gasteiger partial charge on any atom is -0.369 e. The highest BCUT2D eigenvalue weighted by atomic mass is 19.1. The van der Waals surface area contributed by atoms with Crippen LogP contribution >= 0.6 is 0 Å². The fraction of sp³-hybridized carbons (Fsp3) is 0.250. The number of nitrogens with one attached hydrogen (secondary N) is 1. The van der Waals surface area contributed by atoms with Crippen LogP contribution in [0.5, 0.6) is 0 Å². The molecule has 24 heavy (non-hydrogen) atoms. The molecule has 1 aliphatic rings. The maximum Gasteiger partial charge on any atom is 0.133 e. The standard InChI is InChI=1S/C20H20FN3/c1-13-3-8-17(11-14(13)2)24-20-18(9-10-22-20)19(23-24)12-15-4-6-16(21)7-5-15/h3-8,11,22H,9-10,12H2,1-2H3. The van der Waals surface area contributed by atoms with Gasteiger partial charge in [-0.3, -0.25) is 0 Å². The molecule has 0 saturated heterocycles. The van der Waals surface area contributed by atoms with Gasteiger partial charge in [0.1, 0.15) is 11.6 Å². The summed E-state index contributed by atoms with van der Waals surface area (Å²) >= 11 is 0. The molecule has 0 unspecified atom stereocenters. The smallest absolute Gasteiger partial charge is 0.133 e. The summed E-state index contributed by atoms with van der Waals surface area (Å²) in [5.41, 5.74) is 7.04. The average Bonchev–Trinajstić information content (AvgIpc) is 3.16. The quantitative estimate of drug-likeness (QED) is 0.784. The van der Waals surface area contributed by atoms with Gasteiger partial charge < -0.3 is 5.32 Å². The molecule has 0 fully saturated rings. The van der Waals surface area contributed by atoms with Crippen LogP contribution in [-0.2, 0) is 12.8 Å². The molecule has 2 heterocycles. The Morgan fingerprint density at radius 3 is 2.62 bits per heavy atom. The van der Waals surface area contributed by atoms with Gasteiger partial charge in [0.2, 0.25) is 0 Å². The van der Waals surface area contributed by atoms with Crippen molar-refractivity contribution in [2.75, 3.05) is 11.9 Å². The second-order valence-electron chi connectivity index (χ2n) is 6.43. The molecular formula is C20H20FN3. The Morgan fingerprint density at radius 2 is 1.88 bits per heavy atom. The molecule has 1 aliphatic heterocycles. The molecule has 122 valence electrons. The van der Waals surface area contributed by atoms with Gasteiger partial charge in [0, 0.05) is 18.5 Å². The van der Waals surface area contributed by atoms with Gasteiger partial charge in [-0.25, -0.2) is 9.07 Å². The highest BCUT2D eigenvalue weighted by Crippen LogP contribution is 2.30. The van der Waals surface area contributed by atoms with Crippen LogP contribution in [0.15, 0.2) is 42.5 Å². The van der Waals surface area contributed by atoms with Crippen LogP contribution in [0.1, 0.15) is 27.9 Å². The summed E-state index contributed by atoms with van der Waals surface area (Å²) in [6.45, 7) is 5.18. The van der Waals surface area contributed by atoms with Crippen molar-refractivity contribution in [3.05, 3.63) is 76.2 Å². The second-order valence-corrected chi connectivity index (χ2v) is 6.43. The highest BCUT2D eigenvalue weighted by Gasteiger charge is 2.23. The molecule has 3 aromatic rings. The van der Waals surface area contributed by atoms with Crippen LogP contribution in [0.25, 0.3) is 5.69 Å². The zero-order chi connectivity index (χ0) is 16.7. The third kappa shape index (κ3) is 2.58. The lowest BCUT2D eigenvalue weighted by molar-refractivity contribution is 0.627.